The Balaban J connectivity index is 2.62. The Labute approximate surface area is 114 Å². The molecule has 0 radical (unpaired) electrons. The number of carbonyl (C=O) groups excluding carboxylic acids is 1. The lowest BCUT2D eigenvalue weighted by Gasteiger charge is -2.17. The van der Waals surface area contributed by atoms with Gasteiger partial charge in [0.2, 0.25) is 0 Å². The second-order valence-electron chi connectivity index (χ2n) is 4.72. The van der Waals surface area contributed by atoms with E-state index in [0.717, 1.165) is 22.4 Å². The summed E-state index contributed by atoms with van der Waals surface area (Å²) in [5.74, 6) is 0.633. The van der Waals surface area contributed by atoms with Gasteiger partial charge in [0.15, 0.2) is 6.61 Å². The second-order valence-corrected chi connectivity index (χ2v) is 4.72. The maximum atomic E-state index is 11.8. The molecule has 0 aliphatic rings. The predicted octanol–water partition coefficient (Wildman–Crippen LogP) is 2.36. The van der Waals surface area contributed by atoms with Gasteiger partial charge in [-0.2, -0.15) is 5.26 Å². The fourth-order valence-corrected chi connectivity index (χ4v) is 1.74. The summed E-state index contributed by atoms with van der Waals surface area (Å²) >= 11 is 0. The molecule has 0 heterocycles. The molecular weight excluding hydrogens is 240 g/mol. The molecule has 0 fully saturated rings. The summed E-state index contributed by atoms with van der Waals surface area (Å²) in [5, 5.41) is 8.48. The first kappa shape index (κ1) is 15.0. The van der Waals surface area contributed by atoms with Crippen LogP contribution in [0.25, 0.3) is 0 Å². The Morgan fingerprint density at radius 3 is 2.68 bits per heavy atom. The van der Waals surface area contributed by atoms with Crippen molar-refractivity contribution in [1.29, 1.82) is 5.26 Å². The monoisotopic (exact) mass is 260 g/mol. The van der Waals surface area contributed by atoms with Crippen LogP contribution in [0.1, 0.15) is 23.1 Å². The quantitative estimate of drug-likeness (QED) is 0.816. The molecule has 4 nitrogen and oxygen atoms in total. The van der Waals surface area contributed by atoms with Crippen molar-refractivity contribution in [2.45, 2.75) is 27.2 Å². The van der Waals surface area contributed by atoms with Crippen molar-refractivity contribution in [3.05, 3.63) is 28.8 Å². The minimum atomic E-state index is -0.117. The van der Waals surface area contributed by atoms with Crippen LogP contribution < -0.4 is 4.74 Å². The molecule has 0 saturated carbocycles. The molecule has 0 saturated heterocycles. The zero-order chi connectivity index (χ0) is 14.4. The third-order valence-electron chi connectivity index (χ3n) is 3.10. The molecule has 0 aromatic heterocycles. The lowest BCUT2D eigenvalue weighted by molar-refractivity contribution is -0.131. The SMILES string of the molecule is Cc1cc(C)c(C)c(OCC(=O)N(C)CCC#N)c1. The van der Waals surface area contributed by atoms with Crippen LogP contribution in [-0.4, -0.2) is 31.0 Å². The number of benzene rings is 1. The van der Waals surface area contributed by atoms with Crippen LogP contribution in [0.4, 0.5) is 0 Å². The van der Waals surface area contributed by atoms with Crippen molar-refractivity contribution in [3.8, 4) is 11.8 Å². The van der Waals surface area contributed by atoms with Gasteiger partial charge in [-0.25, -0.2) is 0 Å². The summed E-state index contributed by atoms with van der Waals surface area (Å²) in [6.45, 7) is 6.44. The van der Waals surface area contributed by atoms with Crippen molar-refractivity contribution >= 4 is 5.91 Å². The van der Waals surface area contributed by atoms with Crippen LogP contribution in [0.3, 0.4) is 0 Å². The van der Waals surface area contributed by atoms with Gasteiger partial charge in [0, 0.05) is 13.6 Å². The number of hydrogen-bond acceptors (Lipinski definition) is 3. The maximum absolute atomic E-state index is 11.8. The van der Waals surface area contributed by atoms with Crippen molar-refractivity contribution in [2.75, 3.05) is 20.2 Å². The fraction of sp³-hybridized carbons (Fsp3) is 0.467. The third kappa shape index (κ3) is 4.29. The van der Waals surface area contributed by atoms with Crippen LogP contribution in [0.5, 0.6) is 5.75 Å². The number of nitrogens with zero attached hydrogens (tertiary/aromatic N) is 2. The Hall–Kier alpha value is -2.02. The molecule has 1 aromatic carbocycles. The van der Waals surface area contributed by atoms with Crippen molar-refractivity contribution in [2.24, 2.45) is 0 Å². The molecule has 0 spiro atoms. The van der Waals surface area contributed by atoms with Crippen LogP contribution in [0.15, 0.2) is 12.1 Å². The molecule has 1 aromatic rings. The first-order chi connectivity index (χ1) is 8.95. The number of carbonyl (C=O) groups is 1. The van der Waals surface area contributed by atoms with Gasteiger partial charge < -0.3 is 9.64 Å². The fourth-order valence-electron chi connectivity index (χ4n) is 1.74. The lowest BCUT2D eigenvalue weighted by atomic mass is 10.1. The summed E-state index contributed by atoms with van der Waals surface area (Å²) in [5.41, 5.74) is 3.32. The van der Waals surface area contributed by atoms with E-state index >= 15 is 0 Å². The van der Waals surface area contributed by atoms with E-state index in [1.165, 1.54) is 4.90 Å². The van der Waals surface area contributed by atoms with E-state index in [4.69, 9.17) is 10.00 Å². The minimum absolute atomic E-state index is 0.00562. The first-order valence-electron chi connectivity index (χ1n) is 6.27. The number of ether oxygens (including phenoxy) is 1. The van der Waals surface area contributed by atoms with Gasteiger partial charge in [-0.3, -0.25) is 4.79 Å². The Bertz CT molecular complexity index is 504. The third-order valence-corrected chi connectivity index (χ3v) is 3.10. The highest BCUT2D eigenvalue weighted by Gasteiger charge is 2.11. The summed E-state index contributed by atoms with van der Waals surface area (Å²) in [7, 11) is 1.68. The van der Waals surface area contributed by atoms with E-state index in [1.54, 1.807) is 7.05 Å². The molecule has 0 aliphatic heterocycles. The van der Waals surface area contributed by atoms with E-state index in [-0.39, 0.29) is 12.5 Å². The van der Waals surface area contributed by atoms with Crippen molar-refractivity contribution in [3.63, 3.8) is 0 Å². The maximum Gasteiger partial charge on any atom is 0.260 e. The predicted molar refractivity (Wildman–Crippen MR) is 74.0 cm³/mol. The zero-order valence-corrected chi connectivity index (χ0v) is 12.0. The molecule has 102 valence electrons. The zero-order valence-electron chi connectivity index (χ0n) is 12.0. The number of aryl methyl sites for hydroxylation is 2. The number of amides is 1. The topological polar surface area (TPSA) is 53.3 Å². The van der Waals surface area contributed by atoms with E-state index in [2.05, 4.69) is 6.07 Å². The number of rotatable bonds is 5. The molecule has 0 atom stereocenters. The number of likely N-dealkylation sites (N-methyl/N-ethyl adjacent to an activating group) is 1. The van der Waals surface area contributed by atoms with Gasteiger partial charge in [-0.15, -0.1) is 0 Å². The minimum Gasteiger partial charge on any atom is -0.483 e. The van der Waals surface area contributed by atoms with E-state index < -0.39 is 0 Å². The van der Waals surface area contributed by atoms with Gasteiger partial charge in [0.1, 0.15) is 5.75 Å². The van der Waals surface area contributed by atoms with Crippen molar-refractivity contribution < 1.29 is 9.53 Å². The highest BCUT2D eigenvalue weighted by Crippen LogP contribution is 2.23. The first-order valence-corrected chi connectivity index (χ1v) is 6.27. The van der Waals surface area contributed by atoms with Crippen LogP contribution in [0.2, 0.25) is 0 Å². The molecule has 0 bridgehead atoms. The smallest absolute Gasteiger partial charge is 0.260 e. The van der Waals surface area contributed by atoms with Gasteiger partial charge in [0.25, 0.3) is 5.91 Å². The van der Waals surface area contributed by atoms with Gasteiger partial charge >= 0.3 is 0 Å². The number of nitriles is 1. The average molecular weight is 260 g/mol. The summed E-state index contributed by atoms with van der Waals surface area (Å²) in [6, 6.07) is 6.04. The molecular formula is C15H20N2O2. The van der Waals surface area contributed by atoms with Crippen molar-refractivity contribution in [1.82, 2.24) is 4.90 Å². The van der Waals surface area contributed by atoms with Gasteiger partial charge in [-0.1, -0.05) is 6.07 Å². The highest BCUT2D eigenvalue weighted by molar-refractivity contribution is 5.77. The van der Waals surface area contributed by atoms with Crippen LogP contribution in [0, 0.1) is 32.1 Å². The summed E-state index contributed by atoms with van der Waals surface area (Å²) in [6.07, 6.45) is 0.338. The highest BCUT2D eigenvalue weighted by atomic mass is 16.5. The average Bonchev–Trinajstić information content (AvgIpc) is 2.37. The van der Waals surface area contributed by atoms with E-state index in [0.29, 0.717) is 13.0 Å². The molecule has 0 N–H and O–H groups in total. The molecule has 1 amide bonds. The molecule has 19 heavy (non-hydrogen) atoms. The van der Waals surface area contributed by atoms with Crippen LogP contribution >= 0.6 is 0 Å². The van der Waals surface area contributed by atoms with E-state index in [9.17, 15) is 4.79 Å². The normalized spacial score (nSPS) is 9.84. The summed E-state index contributed by atoms with van der Waals surface area (Å²) < 4.78 is 5.59. The van der Waals surface area contributed by atoms with E-state index in [1.807, 2.05) is 32.9 Å². The molecule has 1 rings (SSSR count). The molecule has 0 aliphatic carbocycles. The molecule has 0 unspecified atom stereocenters. The standard InChI is InChI=1S/C15H20N2O2/c1-11-8-12(2)13(3)14(9-11)19-10-15(18)17(4)7-5-6-16/h8-9H,5,7,10H2,1-4H3. The summed E-state index contributed by atoms with van der Waals surface area (Å²) in [4.78, 5) is 13.3. The number of hydrogen-bond donors (Lipinski definition) is 0. The largest absolute Gasteiger partial charge is 0.483 e. The molecule has 4 heteroatoms. The lowest BCUT2D eigenvalue weighted by Crippen LogP contribution is -2.32. The second kappa shape index (κ2) is 6.79. The Morgan fingerprint density at radius 2 is 2.05 bits per heavy atom. The Morgan fingerprint density at radius 1 is 1.37 bits per heavy atom. The van der Waals surface area contributed by atoms with Crippen LogP contribution in [-0.2, 0) is 4.79 Å². The van der Waals surface area contributed by atoms with Gasteiger partial charge in [0.05, 0.1) is 12.5 Å². The van der Waals surface area contributed by atoms with Gasteiger partial charge in [-0.05, 0) is 43.5 Å². The Kier molecular flexibility index (Phi) is 5.37.